The number of aromatic nitrogens is 1. The van der Waals surface area contributed by atoms with Crippen LogP contribution in [0.3, 0.4) is 0 Å². The molecule has 0 aliphatic heterocycles. The van der Waals surface area contributed by atoms with Crippen LogP contribution in [0.2, 0.25) is 5.02 Å². The lowest BCUT2D eigenvalue weighted by Gasteiger charge is -2.31. The maximum atomic E-state index is 13.8. The normalized spacial score (nSPS) is 12.4. The number of nitrogens with zero attached hydrogens (tertiary/aromatic N) is 2. The number of alkyl halides is 2. The van der Waals surface area contributed by atoms with Gasteiger partial charge in [-0.25, -0.2) is 13.8 Å². The van der Waals surface area contributed by atoms with Crippen LogP contribution in [0.25, 0.3) is 11.1 Å². The van der Waals surface area contributed by atoms with Gasteiger partial charge in [-0.1, -0.05) is 41.9 Å². The minimum absolute atomic E-state index is 0.0434. The molecule has 1 aromatic heterocycles. The van der Waals surface area contributed by atoms with E-state index < -0.39 is 43.2 Å². The minimum atomic E-state index is -2.34. The number of anilines is 2. The number of pyridine rings is 1. The zero-order chi connectivity index (χ0) is 30.3. The Morgan fingerprint density at radius 1 is 1.00 bits per heavy atom. The molecular formula is C31H27ClF3N3O4. The molecule has 0 aliphatic carbocycles. The number of aliphatic hydroxyl groups is 2. The summed E-state index contributed by atoms with van der Waals surface area (Å²) < 4.78 is 40.4. The summed E-state index contributed by atoms with van der Waals surface area (Å²) in [6.07, 6.45) is 1.16. The van der Waals surface area contributed by atoms with E-state index in [1.807, 2.05) is 0 Å². The molecular weight excluding hydrogens is 571 g/mol. The van der Waals surface area contributed by atoms with Gasteiger partial charge in [-0.15, -0.1) is 0 Å². The highest BCUT2D eigenvalue weighted by atomic mass is 35.5. The monoisotopic (exact) mass is 597 g/mol. The topological polar surface area (TPSA) is 103 Å². The second-order valence-electron chi connectivity index (χ2n) is 9.42. The number of hydrogen-bond donors (Lipinski definition) is 3. The molecule has 0 radical (unpaired) electrons. The summed E-state index contributed by atoms with van der Waals surface area (Å²) >= 11 is 6.06. The average molecular weight is 598 g/mol. The molecule has 0 unspecified atom stereocenters. The standard InChI is InChI=1S/C31H27ClF3N3O4/c32-22-9-12-27(26(16-22)31(42,18-34)19-39)38(15-3-14-33)30(41)21-8-13-28(36-17-21)37-29(40)25-5-2-1-4-24(25)20-6-10-23(35)11-7-20/h1-2,4-13,16-17,39,42H,3,14-15,18-19H2,(H,36,37,40)/t31-/m0/s1. The Morgan fingerprint density at radius 2 is 1.74 bits per heavy atom. The molecule has 42 heavy (non-hydrogen) atoms. The van der Waals surface area contributed by atoms with Gasteiger partial charge in [0.2, 0.25) is 0 Å². The van der Waals surface area contributed by atoms with Crippen molar-refractivity contribution in [2.45, 2.75) is 12.0 Å². The van der Waals surface area contributed by atoms with Crippen molar-refractivity contribution < 1.29 is 33.0 Å². The van der Waals surface area contributed by atoms with Gasteiger partial charge in [0.15, 0.2) is 0 Å². The van der Waals surface area contributed by atoms with E-state index in [9.17, 15) is 33.0 Å². The second-order valence-corrected chi connectivity index (χ2v) is 9.86. The molecule has 4 aromatic rings. The minimum Gasteiger partial charge on any atom is -0.393 e. The van der Waals surface area contributed by atoms with Crippen LogP contribution < -0.4 is 10.2 Å². The van der Waals surface area contributed by atoms with E-state index in [2.05, 4.69) is 10.3 Å². The summed E-state index contributed by atoms with van der Waals surface area (Å²) in [5.41, 5.74) is -0.821. The Labute approximate surface area is 245 Å². The van der Waals surface area contributed by atoms with Crippen LogP contribution in [0, 0.1) is 5.82 Å². The first-order chi connectivity index (χ1) is 20.2. The Kier molecular flexibility index (Phi) is 9.95. The molecule has 0 bridgehead atoms. The van der Waals surface area contributed by atoms with Gasteiger partial charge in [0.25, 0.3) is 11.8 Å². The van der Waals surface area contributed by atoms with E-state index in [0.717, 1.165) is 4.90 Å². The summed E-state index contributed by atoms with van der Waals surface area (Å²) in [6.45, 7) is -3.22. The predicted octanol–water partition coefficient (Wildman–Crippen LogP) is 5.95. The third-order valence-corrected chi connectivity index (χ3v) is 6.81. The van der Waals surface area contributed by atoms with Crippen LogP contribution in [0.15, 0.2) is 85.1 Å². The van der Waals surface area contributed by atoms with Gasteiger partial charge in [-0.2, -0.15) is 0 Å². The van der Waals surface area contributed by atoms with Gasteiger partial charge in [-0.3, -0.25) is 14.0 Å². The lowest BCUT2D eigenvalue weighted by Crippen LogP contribution is -2.38. The molecule has 0 spiro atoms. The molecule has 4 rings (SSSR count). The number of rotatable bonds is 11. The number of benzene rings is 3. The fraction of sp³-hybridized carbons (Fsp3) is 0.194. The maximum absolute atomic E-state index is 13.8. The number of carbonyl (C=O) groups is 2. The van der Waals surface area contributed by atoms with E-state index in [-0.39, 0.29) is 40.6 Å². The van der Waals surface area contributed by atoms with Crippen LogP contribution in [0.4, 0.5) is 24.7 Å². The van der Waals surface area contributed by atoms with Crippen molar-refractivity contribution in [1.82, 2.24) is 4.98 Å². The number of nitrogens with one attached hydrogen (secondary N) is 1. The van der Waals surface area contributed by atoms with E-state index in [0.29, 0.717) is 16.7 Å². The van der Waals surface area contributed by atoms with Gasteiger partial charge in [-0.05, 0) is 66.1 Å². The highest BCUT2D eigenvalue weighted by Gasteiger charge is 2.34. The van der Waals surface area contributed by atoms with Crippen LogP contribution in [-0.4, -0.2) is 53.5 Å². The van der Waals surface area contributed by atoms with Crippen LogP contribution >= 0.6 is 11.6 Å². The number of halogens is 4. The van der Waals surface area contributed by atoms with E-state index in [1.54, 1.807) is 36.4 Å². The van der Waals surface area contributed by atoms with Crippen molar-refractivity contribution in [2.75, 3.05) is 36.7 Å². The van der Waals surface area contributed by atoms with Gasteiger partial charge >= 0.3 is 0 Å². The van der Waals surface area contributed by atoms with Crippen molar-refractivity contribution in [3.8, 4) is 11.1 Å². The molecule has 0 fully saturated rings. The van der Waals surface area contributed by atoms with Gasteiger partial charge in [0.05, 0.1) is 24.5 Å². The summed E-state index contributed by atoms with van der Waals surface area (Å²) in [6, 6.07) is 19.4. The quantitative estimate of drug-likeness (QED) is 0.198. The van der Waals surface area contributed by atoms with Crippen molar-refractivity contribution in [1.29, 1.82) is 0 Å². The fourth-order valence-electron chi connectivity index (χ4n) is 4.36. The Morgan fingerprint density at radius 3 is 2.38 bits per heavy atom. The summed E-state index contributed by atoms with van der Waals surface area (Å²) in [5.74, 6) is -1.38. The van der Waals surface area contributed by atoms with Crippen molar-refractivity contribution in [2.24, 2.45) is 0 Å². The molecule has 11 heteroatoms. The highest BCUT2D eigenvalue weighted by Crippen LogP contribution is 2.35. The molecule has 0 aliphatic rings. The van der Waals surface area contributed by atoms with Crippen LogP contribution in [-0.2, 0) is 5.60 Å². The number of hydrogen-bond acceptors (Lipinski definition) is 5. The second kappa shape index (κ2) is 13.6. The summed E-state index contributed by atoms with van der Waals surface area (Å²) in [5, 5.41) is 23.2. The molecule has 1 atom stereocenters. The number of aliphatic hydroxyl groups excluding tert-OH is 1. The Hall–Kier alpha value is -4.25. The van der Waals surface area contributed by atoms with E-state index in [1.165, 1.54) is 48.7 Å². The molecule has 1 heterocycles. The zero-order valence-electron chi connectivity index (χ0n) is 22.2. The smallest absolute Gasteiger partial charge is 0.259 e. The number of carbonyl (C=O) groups excluding carboxylic acids is 2. The number of amides is 2. The van der Waals surface area contributed by atoms with E-state index >= 15 is 0 Å². The van der Waals surface area contributed by atoms with Crippen molar-refractivity contribution >= 4 is 34.9 Å². The van der Waals surface area contributed by atoms with Crippen LogP contribution in [0.5, 0.6) is 0 Å². The fourth-order valence-corrected chi connectivity index (χ4v) is 4.53. The van der Waals surface area contributed by atoms with Gasteiger partial charge < -0.3 is 20.4 Å². The third-order valence-electron chi connectivity index (χ3n) is 6.57. The zero-order valence-corrected chi connectivity index (χ0v) is 23.0. The summed E-state index contributed by atoms with van der Waals surface area (Å²) in [4.78, 5) is 32.0. The molecule has 2 amide bonds. The maximum Gasteiger partial charge on any atom is 0.259 e. The lowest BCUT2D eigenvalue weighted by molar-refractivity contribution is -0.0370. The third kappa shape index (κ3) is 6.79. The largest absolute Gasteiger partial charge is 0.393 e. The first-order valence-corrected chi connectivity index (χ1v) is 13.3. The first kappa shape index (κ1) is 30.7. The lowest BCUT2D eigenvalue weighted by atomic mass is 9.93. The SMILES string of the molecule is O=C(Nc1ccc(C(=O)N(CCCF)c2ccc(Cl)cc2[C@@](O)(CO)CF)cn1)c1ccccc1-c1ccc(F)cc1. The van der Waals surface area contributed by atoms with Crippen molar-refractivity contribution in [3.63, 3.8) is 0 Å². The Bertz CT molecular complexity index is 1550. The van der Waals surface area contributed by atoms with Crippen molar-refractivity contribution in [3.05, 3.63) is 113 Å². The summed E-state index contributed by atoms with van der Waals surface area (Å²) in [7, 11) is 0. The highest BCUT2D eigenvalue weighted by molar-refractivity contribution is 6.30. The predicted molar refractivity (Wildman–Crippen MR) is 155 cm³/mol. The molecule has 0 saturated heterocycles. The average Bonchev–Trinajstić information content (AvgIpc) is 3.02. The van der Waals surface area contributed by atoms with Crippen LogP contribution in [0.1, 0.15) is 32.7 Å². The van der Waals surface area contributed by atoms with Gasteiger partial charge in [0.1, 0.15) is 23.9 Å². The molecule has 3 N–H and O–H groups in total. The Balaban J connectivity index is 1.60. The van der Waals surface area contributed by atoms with Gasteiger partial charge in [0, 0.05) is 28.9 Å². The molecule has 218 valence electrons. The molecule has 7 nitrogen and oxygen atoms in total. The molecule has 0 saturated carbocycles. The molecule has 3 aromatic carbocycles. The first-order valence-electron chi connectivity index (χ1n) is 12.9. The van der Waals surface area contributed by atoms with E-state index in [4.69, 9.17) is 11.6 Å².